The zero-order valence-electron chi connectivity index (χ0n) is 17.3. The van der Waals surface area contributed by atoms with Crippen molar-refractivity contribution in [2.24, 2.45) is 0 Å². The number of halogens is 3. The van der Waals surface area contributed by atoms with Gasteiger partial charge in [-0.15, -0.1) is 0 Å². The Balaban J connectivity index is 1.93. The first-order valence-corrected chi connectivity index (χ1v) is 11.6. The molecule has 3 rings (SSSR count). The van der Waals surface area contributed by atoms with Crippen LogP contribution in [0, 0.1) is 25.0 Å². The number of rotatable bonds is 8. The molecule has 0 atom stereocenters. The molecule has 0 spiro atoms. The molecule has 0 unspecified atom stereocenters. The highest BCUT2D eigenvalue weighted by Gasteiger charge is 2.14. The van der Waals surface area contributed by atoms with Gasteiger partial charge in [0, 0.05) is 12.1 Å². The van der Waals surface area contributed by atoms with E-state index in [1.165, 1.54) is 12.1 Å². The van der Waals surface area contributed by atoms with E-state index in [1.54, 1.807) is 36.4 Å². The topological polar surface area (TPSA) is 85.4 Å². The molecule has 33 heavy (non-hydrogen) atoms. The van der Waals surface area contributed by atoms with Crippen LogP contribution in [0.1, 0.15) is 23.6 Å². The lowest BCUT2D eigenvalue weighted by Crippen LogP contribution is -2.02. The zero-order chi connectivity index (χ0) is 24.0. The van der Waals surface area contributed by atoms with Crippen LogP contribution in [0.4, 0.5) is 5.69 Å². The summed E-state index contributed by atoms with van der Waals surface area (Å²) in [4.78, 5) is 10.6. The molecule has 0 aliphatic rings. The summed E-state index contributed by atoms with van der Waals surface area (Å²) in [6.07, 6.45) is 1.66. The van der Waals surface area contributed by atoms with E-state index >= 15 is 0 Å². The zero-order valence-corrected chi connectivity index (χ0v) is 21.0. The third kappa shape index (κ3) is 6.38. The van der Waals surface area contributed by atoms with Gasteiger partial charge in [-0.3, -0.25) is 10.1 Å². The molecule has 9 heteroatoms. The van der Waals surface area contributed by atoms with Crippen molar-refractivity contribution >= 4 is 63.1 Å². The first-order valence-electron chi connectivity index (χ1n) is 9.72. The molecule has 0 aliphatic heterocycles. The molecule has 0 saturated heterocycles. The Morgan fingerprint density at radius 2 is 1.94 bits per heavy atom. The molecule has 0 heterocycles. The number of nitriles is 1. The highest BCUT2D eigenvalue weighted by Crippen LogP contribution is 2.36. The minimum atomic E-state index is -0.491. The minimum Gasteiger partial charge on any atom is -0.490 e. The van der Waals surface area contributed by atoms with Gasteiger partial charge in [-0.25, -0.2) is 0 Å². The van der Waals surface area contributed by atoms with Crippen LogP contribution in [-0.4, -0.2) is 11.5 Å². The third-order valence-corrected chi connectivity index (χ3v) is 6.04. The second kappa shape index (κ2) is 11.4. The highest BCUT2D eigenvalue weighted by molar-refractivity contribution is 14.1. The first kappa shape index (κ1) is 24.8. The summed E-state index contributed by atoms with van der Waals surface area (Å²) in [5, 5.41) is 21.6. The van der Waals surface area contributed by atoms with Crippen molar-refractivity contribution in [1.29, 1.82) is 5.26 Å². The third-order valence-electron chi connectivity index (χ3n) is 4.50. The molecule has 0 aliphatic carbocycles. The van der Waals surface area contributed by atoms with Gasteiger partial charge in [-0.2, -0.15) is 5.26 Å². The number of hydrogen-bond donors (Lipinski definition) is 0. The van der Waals surface area contributed by atoms with E-state index in [0.717, 1.165) is 9.13 Å². The molecule has 0 saturated carbocycles. The second-order valence-corrected chi connectivity index (χ2v) is 8.75. The molecule has 6 nitrogen and oxygen atoms in total. The van der Waals surface area contributed by atoms with Gasteiger partial charge in [-0.1, -0.05) is 41.4 Å². The molecule has 0 fully saturated rings. The predicted octanol–water partition coefficient (Wildman–Crippen LogP) is 7.55. The van der Waals surface area contributed by atoms with Gasteiger partial charge in [0.05, 0.1) is 36.8 Å². The first-order chi connectivity index (χ1) is 15.8. The van der Waals surface area contributed by atoms with Gasteiger partial charge in [0.25, 0.3) is 5.69 Å². The summed E-state index contributed by atoms with van der Waals surface area (Å²) >= 11 is 14.2. The number of allylic oxidation sites excluding steroid dienone is 1. The lowest BCUT2D eigenvalue weighted by atomic mass is 10.0. The lowest BCUT2D eigenvalue weighted by molar-refractivity contribution is -0.384. The van der Waals surface area contributed by atoms with E-state index in [0.29, 0.717) is 44.9 Å². The molecule has 0 radical (unpaired) electrons. The van der Waals surface area contributed by atoms with Crippen LogP contribution < -0.4 is 9.47 Å². The molecule has 0 amide bonds. The largest absolute Gasteiger partial charge is 0.490 e. The van der Waals surface area contributed by atoms with Crippen molar-refractivity contribution in [3.05, 3.63) is 95.0 Å². The molecular weight excluding hydrogens is 578 g/mol. The minimum absolute atomic E-state index is 0.0794. The van der Waals surface area contributed by atoms with Crippen LogP contribution in [0.2, 0.25) is 10.0 Å². The van der Waals surface area contributed by atoms with E-state index in [4.69, 9.17) is 32.7 Å². The van der Waals surface area contributed by atoms with E-state index < -0.39 is 4.92 Å². The highest BCUT2D eigenvalue weighted by atomic mass is 127. The summed E-state index contributed by atoms with van der Waals surface area (Å²) in [6, 6.07) is 17.0. The number of nitro groups is 1. The normalized spacial score (nSPS) is 11.1. The van der Waals surface area contributed by atoms with Crippen LogP contribution in [-0.2, 0) is 6.61 Å². The average molecular weight is 595 g/mol. The Bertz CT molecular complexity index is 1270. The van der Waals surface area contributed by atoms with Crippen LogP contribution >= 0.6 is 45.8 Å². The quantitative estimate of drug-likeness (QED) is 0.0883. The van der Waals surface area contributed by atoms with Crippen molar-refractivity contribution in [1.82, 2.24) is 0 Å². The summed E-state index contributed by atoms with van der Waals surface area (Å²) in [6.45, 7) is 2.55. The number of benzene rings is 3. The maximum Gasteiger partial charge on any atom is 0.270 e. The summed E-state index contributed by atoms with van der Waals surface area (Å²) in [7, 11) is 0. The Morgan fingerprint density at radius 1 is 1.15 bits per heavy atom. The smallest absolute Gasteiger partial charge is 0.270 e. The van der Waals surface area contributed by atoms with Crippen molar-refractivity contribution < 1.29 is 14.4 Å². The van der Waals surface area contributed by atoms with Crippen LogP contribution in [0.25, 0.3) is 11.6 Å². The van der Waals surface area contributed by atoms with Crippen molar-refractivity contribution in [2.45, 2.75) is 13.5 Å². The number of non-ortho nitro benzene ring substituents is 1. The SMILES string of the molecule is CCOc1cc(/C=C(/C#N)c2cccc([N+](=O)[O-])c2)cc(I)c1OCc1ccc(Cl)c(Cl)c1. The molecule has 3 aromatic carbocycles. The van der Waals surface area contributed by atoms with Gasteiger partial charge in [0.2, 0.25) is 0 Å². The van der Waals surface area contributed by atoms with E-state index in [-0.39, 0.29) is 12.3 Å². The van der Waals surface area contributed by atoms with Crippen molar-refractivity contribution in [3.63, 3.8) is 0 Å². The molecule has 168 valence electrons. The predicted molar refractivity (Wildman–Crippen MR) is 138 cm³/mol. The van der Waals surface area contributed by atoms with E-state index in [9.17, 15) is 15.4 Å². The van der Waals surface area contributed by atoms with E-state index in [2.05, 4.69) is 28.7 Å². The molecule has 0 bridgehead atoms. The van der Waals surface area contributed by atoms with Crippen LogP contribution in [0.15, 0.2) is 54.6 Å². The number of hydrogen-bond acceptors (Lipinski definition) is 5. The standard InChI is InChI=1S/C24H17Cl2IN2O4/c1-2-32-23-11-16(8-18(13-28)17-4-3-5-19(12-17)29(30)31)10-22(27)24(23)33-14-15-6-7-20(25)21(26)9-15/h3-12H,2,14H2,1H3/b18-8-. The Hall–Kier alpha value is -2.80. The van der Waals surface area contributed by atoms with Gasteiger partial charge in [0.1, 0.15) is 6.61 Å². The fourth-order valence-corrected chi connectivity index (χ4v) is 4.09. The Kier molecular flexibility index (Phi) is 8.55. The molecular formula is C24H17Cl2IN2O4. The van der Waals surface area contributed by atoms with Crippen molar-refractivity contribution in [2.75, 3.05) is 6.61 Å². The van der Waals surface area contributed by atoms with Gasteiger partial charge in [0.15, 0.2) is 11.5 Å². The Morgan fingerprint density at radius 3 is 2.61 bits per heavy atom. The molecule has 0 aromatic heterocycles. The maximum absolute atomic E-state index is 11.1. The van der Waals surface area contributed by atoms with Crippen LogP contribution in [0.3, 0.4) is 0 Å². The Labute approximate surface area is 214 Å². The maximum atomic E-state index is 11.1. The monoisotopic (exact) mass is 594 g/mol. The van der Waals surface area contributed by atoms with Gasteiger partial charge < -0.3 is 9.47 Å². The van der Waals surface area contributed by atoms with Gasteiger partial charge >= 0.3 is 0 Å². The van der Waals surface area contributed by atoms with Crippen molar-refractivity contribution in [3.8, 4) is 17.6 Å². The number of ether oxygens (including phenoxy) is 2. The number of nitro benzene ring substituents is 1. The lowest BCUT2D eigenvalue weighted by Gasteiger charge is -2.15. The van der Waals surface area contributed by atoms with E-state index in [1.807, 2.05) is 19.1 Å². The average Bonchev–Trinajstić information content (AvgIpc) is 2.79. The fourth-order valence-electron chi connectivity index (χ4n) is 2.99. The number of nitrogens with zero attached hydrogens (tertiary/aromatic N) is 2. The summed E-state index contributed by atoms with van der Waals surface area (Å²) in [5.74, 6) is 1.08. The second-order valence-electron chi connectivity index (χ2n) is 6.78. The fraction of sp³-hybridized carbons (Fsp3) is 0.125. The summed E-state index contributed by atoms with van der Waals surface area (Å²) in [5.41, 5.74) is 2.22. The van der Waals surface area contributed by atoms with Crippen LogP contribution in [0.5, 0.6) is 11.5 Å². The van der Waals surface area contributed by atoms with Gasteiger partial charge in [-0.05, 0) is 76.5 Å². The summed E-state index contributed by atoms with van der Waals surface area (Å²) < 4.78 is 12.6. The molecule has 0 N–H and O–H groups in total. The molecule has 3 aromatic rings.